The standard InChI is InChI=1S/C18H23NO2S/c1-4-9-16-13(5-2)12-17(22-16)18(20)19-14-10-7-8-11-15(14)21-6-3/h7-8,10-12H,4-6,9H2,1-3H3,(H,19,20). The molecule has 0 unspecified atom stereocenters. The summed E-state index contributed by atoms with van der Waals surface area (Å²) >= 11 is 1.60. The van der Waals surface area contributed by atoms with Gasteiger partial charge in [0.1, 0.15) is 5.75 Å². The molecule has 0 saturated heterocycles. The number of amides is 1. The Balaban J connectivity index is 2.19. The van der Waals surface area contributed by atoms with Gasteiger partial charge in [0.25, 0.3) is 5.91 Å². The highest BCUT2D eigenvalue weighted by atomic mass is 32.1. The number of hydrogen-bond acceptors (Lipinski definition) is 3. The topological polar surface area (TPSA) is 38.3 Å². The maximum Gasteiger partial charge on any atom is 0.265 e. The second-order valence-electron chi connectivity index (χ2n) is 5.05. The third-order valence-electron chi connectivity index (χ3n) is 3.41. The van der Waals surface area contributed by atoms with E-state index in [2.05, 4.69) is 19.2 Å². The molecule has 0 aliphatic rings. The van der Waals surface area contributed by atoms with Crippen LogP contribution in [0.2, 0.25) is 0 Å². The number of para-hydroxylation sites is 2. The third kappa shape index (κ3) is 3.89. The number of rotatable bonds is 7. The predicted molar refractivity (Wildman–Crippen MR) is 93.3 cm³/mol. The van der Waals surface area contributed by atoms with E-state index in [9.17, 15) is 4.79 Å². The molecule has 1 N–H and O–H groups in total. The van der Waals surface area contributed by atoms with E-state index in [1.165, 1.54) is 10.4 Å². The summed E-state index contributed by atoms with van der Waals surface area (Å²) in [6, 6.07) is 9.55. The largest absolute Gasteiger partial charge is 0.492 e. The number of benzene rings is 1. The van der Waals surface area contributed by atoms with Gasteiger partial charge in [-0.15, -0.1) is 11.3 Å². The predicted octanol–water partition coefficient (Wildman–Crippen LogP) is 4.91. The minimum Gasteiger partial charge on any atom is -0.492 e. The first kappa shape index (κ1) is 16.6. The van der Waals surface area contributed by atoms with Crippen LogP contribution in [0, 0.1) is 0 Å². The summed E-state index contributed by atoms with van der Waals surface area (Å²) in [6.45, 7) is 6.81. The lowest BCUT2D eigenvalue weighted by atomic mass is 10.1. The highest BCUT2D eigenvalue weighted by Gasteiger charge is 2.15. The number of thiophene rings is 1. The van der Waals surface area contributed by atoms with Crippen LogP contribution in [0.25, 0.3) is 0 Å². The first-order chi connectivity index (χ1) is 10.7. The van der Waals surface area contributed by atoms with Gasteiger partial charge in [0.05, 0.1) is 17.2 Å². The van der Waals surface area contributed by atoms with E-state index in [-0.39, 0.29) is 5.91 Å². The molecule has 118 valence electrons. The van der Waals surface area contributed by atoms with Crippen molar-refractivity contribution in [1.82, 2.24) is 0 Å². The summed E-state index contributed by atoms with van der Waals surface area (Å²) in [5, 5.41) is 2.96. The fourth-order valence-corrected chi connectivity index (χ4v) is 3.60. The number of aryl methyl sites for hydroxylation is 2. The molecule has 4 heteroatoms. The summed E-state index contributed by atoms with van der Waals surface area (Å²) in [5.41, 5.74) is 2.01. The van der Waals surface area contributed by atoms with Gasteiger partial charge < -0.3 is 10.1 Å². The van der Waals surface area contributed by atoms with Crippen LogP contribution < -0.4 is 10.1 Å². The van der Waals surface area contributed by atoms with E-state index in [0.717, 1.165) is 29.8 Å². The van der Waals surface area contributed by atoms with Crippen molar-refractivity contribution >= 4 is 22.9 Å². The Morgan fingerprint density at radius 1 is 1.23 bits per heavy atom. The molecule has 3 nitrogen and oxygen atoms in total. The smallest absolute Gasteiger partial charge is 0.265 e. The number of ether oxygens (including phenoxy) is 1. The molecule has 22 heavy (non-hydrogen) atoms. The Labute approximate surface area is 136 Å². The van der Waals surface area contributed by atoms with Crippen molar-refractivity contribution in [3.63, 3.8) is 0 Å². The lowest BCUT2D eigenvalue weighted by Crippen LogP contribution is -2.11. The Morgan fingerprint density at radius 3 is 2.68 bits per heavy atom. The van der Waals surface area contributed by atoms with Gasteiger partial charge in [-0.25, -0.2) is 0 Å². The number of hydrogen-bond donors (Lipinski definition) is 1. The van der Waals surface area contributed by atoms with E-state index in [4.69, 9.17) is 4.74 Å². The van der Waals surface area contributed by atoms with Crippen LogP contribution in [0.1, 0.15) is 47.3 Å². The second-order valence-corrected chi connectivity index (χ2v) is 6.18. The van der Waals surface area contributed by atoms with Crippen LogP contribution in [-0.4, -0.2) is 12.5 Å². The number of carbonyl (C=O) groups is 1. The van der Waals surface area contributed by atoms with E-state index >= 15 is 0 Å². The molecule has 0 saturated carbocycles. The second kappa shape index (κ2) is 7.99. The number of carbonyl (C=O) groups excluding carboxylic acids is 1. The molecule has 2 rings (SSSR count). The maximum absolute atomic E-state index is 12.5. The summed E-state index contributed by atoms with van der Waals surface area (Å²) in [7, 11) is 0. The molecular formula is C18H23NO2S. The SMILES string of the molecule is CCCc1sc(C(=O)Nc2ccccc2OCC)cc1CC. The zero-order chi connectivity index (χ0) is 15.9. The van der Waals surface area contributed by atoms with Gasteiger partial charge in [-0.3, -0.25) is 4.79 Å². The van der Waals surface area contributed by atoms with Crippen molar-refractivity contribution in [1.29, 1.82) is 0 Å². The minimum absolute atomic E-state index is 0.0609. The zero-order valence-electron chi connectivity index (χ0n) is 13.4. The van der Waals surface area contributed by atoms with Gasteiger partial charge in [-0.05, 0) is 43.5 Å². The quantitative estimate of drug-likeness (QED) is 0.787. The number of anilines is 1. The Kier molecular flexibility index (Phi) is 6.01. The highest BCUT2D eigenvalue weighted by Crippen LogP contribution is 2.28. The van der Waals surface area contributed by atoms with Crippen LogP contribution >= 0.6 is 11.3 Å². The van der Waals surface area contributed by atoms with Crippen molar-refractivity contribution in [3.05, 3.63) is 45.6 Å². The zero-order valence-corrected chi connectivity index (χ0v) is 14.3. The lowest BCUT2D eigenvalue weighted by Gasteiger charge is -2.10. The molecule has 1 heterocycles. The lowest BCUT2D eigenvalue weighted by molar-refractivity contribution is 0.103. The van der Waals surface area contributed by atoms with Gasteiger partial charge in [0.15, 0.2) is 0 Å². The fraction of sp³-hybridized carbons (Fsp3) is 0.389. The molecule has 0 fully saturated rings. The highest BCUT2D eigenvalue weighted by molar-refractivity contribution is 7.14. The Morgan fingerprint density at radius 2 is 2.00 bits per heavy atom. The maximum atomic E-state index is 12.5. The van der Waals surface area contributed by atoms with Crippen LogP contribution in [0.15, 0.2) is 30.3 Å². The molecule has 0 aliphatic carbocycles. The van der Waals surface area contributed by atoms with Gasteiger partial charge >= 0.3 is 0 Å². The van der Waals surface area contributed by atoms with E-state index in [1.54, 1.807) is 11.3 Å². The molecule has 2 aromatic rings. The molecule has 1 aromatic carbocycles. The molecule has 1 amide bonds. The van der Waals surface area contributed by atoms with Crippen molar-refractivity contribution < 1.29 is 9.53 Å². The van der Waals surface area contributed by atoms with Gasteiger partial charge in [-0.1, -0.05) is 32.4 Å². The average Bonchev–Trinajstić information content (AvgIpc) is 2.93. The third-order valence-corrected chi connectivity index (χ3v) is 4.65. The Hall–Kier alpha value is -1.81. The van der Waals surface area contributed by atoms with E-state index in [1.807, 2.05) is 37.3 Å². The fourth-order valence-electron chi connectivity index (χ4n) is 2.35. The number of nitrogens with one attached hydrogen (secondary N) is 1. The van der Waals surface area contributed by atoms with Gasteiger partial charge in [0.2, 0.25) is 0 Å². The van der Waals surface area contributed by atoms with Crippen molar-refractivity contribution in [2.45, 2.75) is 40.0 Å². The summed E-state index contributed by atoms with van der Waals surface area (Å²) < 4.78 is 5.55. The Bertz CT molecular complexity index is 634. The van der Waals surface area contributed by atoms with E-state index in [0.29, 0.717) is 12.4 Å². The van der Waals surface area contributed by atoms with Crippen LogP contribution in [0.4, 0.5) is 5.69 Å². The molecule has 0 aliphatic heterocycles. The van der Waals surface area contributed by atoms with Crippen LogP contribution in [-0.2, 0) is 12.8 Å². The van der Waals surface area contributed by atoms with Crippen LogP contribution in [0.5, 0.6) is 5.75 Å². The average molecular weight is 317 g/mol. The van der Waals surface area contributed by atoms with Crippen molar-refractivity contribution in [2.75, 3.05) is 11.9 Å². The molecule has 0 radical (unpaired) electrons. The first-order valence-electron chi connectivity index (χ1n) is 7.84. The van der Waals surface area contributed by atoms with Gasteiger partial charge in [-0.2, -0.15) is 0 Å². The molecule has 0 atom stereocenters. The first-order valence-corrected chi connectivity index (χ1v) is 8.65. The molecular weight excluding hydrogens is 294 g/mol. The normalized spacial score (nSPS) is 10.5. The molecule has 0 spiro atoms. The van der Waals surface area contributed by atoms with Gasteiger partial charge in [0, 0.05) is 4.88 Å². The molecule has 1 aromatic heterocycles. The summed E-state index contributed by atoms with van der Waals surface area (Å²) in [4.78, 5) is 14.6. The van der Waals surface area contributed by atoms with Crippen molar-refractivity contribution in [3.8, 4) is 5.75 Å². The summed E-state index contributed by atoms with van der Waals surface area (Å²) in [5.74, 6) is 0.647. The summed E-state index contributed by atoms with van der Waals surface area (Å²) in [6.07, 6.45) is 3.10. The minimum atomic E-state index is -0.0609. The molecule has 0 bridgehead atoms. The van der Waals surface area contributed by atoms with E-state index < -0.39 is 0 Å². The monoisotopic (exact) mass is 317 g/mol. The van der Waals surface area contributed by atoms with Crippen molar-refractivity contribution in [2.24, 2.45) is 0 Å². The van der Waals surface area contributed by atoms with Crippen LogP contribution in [0.3, 0.4) is 0 Å².